The summed E-state index contributed by atoms with van der Waals surface area (Å²) in [6, 6.07) is 2.43. The molecule has 0 saturated heterocycles. The van der Waals surface area contributed by atoms with Crippen LogP contribution in [0.2, 0.25) is 0 Å². The molecule has 0 amide bonds. The Balaban J connectivity index is 2.05. The molecule has 1 saturated carbocycles. The van der Waals surface area contributed by atoms with Crippen LogP contribution >= 0.6 is 0 Å². The van der Waals surface area contributed by atoms with Gasteiger partial charge in [0.1, 0.15) is 5.54 Å². The van der Waals surface area contributed by atoms with E-state index in [4.69, 9.17) is 4.74 Å². The summed E-state index contributed by atoms with van der Waals surface area (Å²) in [5.41, 5.74) is -0.341. The van der Waals surface area contributed by atoms with Crippen molar-refractivity contribution in [3.05, 3.63) is 0 Å². The number of ether oxygens (including phenoxy) is 1. The molecule has 0 bridgehead atoms. The van der Waals surface area contributed by atoms with Crippen LogP contribution < -0.4 is 5.32 Å². The fraction of sp³-hybridized carbons (Fsp3) is 0.933. The van der Waals surface area contributed by atoms with Crippen LogP contribution in [0.25, 0.3) is 0 Å². The minimum atomic E-state index is -0.341. The molecule has 0 heterocycles. The summed E-state index contributed by atoms with van der Waals surface area (Å²) in [5, 5.41) is 12.6. The van der Waals surface area contributed by atoms with Gasteiger partial charge in [0, 0.05) is 13.2 Å². The van der Waals surface area contributed by atoms with E-state index in [0.29, 0.717) is 0 Å². The van der Waals surface area contributed by atoms with Crippen molar-refractivity contribution in [2.24, 2.45) is 5.92 Å². The summed E-state index contributed by atoms with van der Waals surface area (Å²) in [7, 11) is 0. The first-order valence-electron chi connectivity index (χ1n) is 7.50. The van der Waals surface area contributed by atoms with Crippen LogP contribution in [0.1, 0.15) is 58.8 Å². The summed E-state index contributed by atoms with van der Waals surface area (Å²) >= 11 is 0. The second kappa shape index (κ2) is 8.50. The first-order chi connectivity index (χ1) is 8.76. The Kier molecular flexibility index (Phi) is 7.31. The van der Waals surface area contributed by atoms with Gasteiger partial charge in [-0.05, 0) is 38.1 Å². The van der Waals surface area contributed by atoms with Gasteiger partial charge in [-0.15, -0.1) is 0 Å². The van der Waals surface area contributed by atoms with E-state index >= 15 is 0 Å². The Bertz CT molecular complexity index is 258. The average molecular weight is 252 g/mol. The maximum Gasteiger partial charge on any atom is 0.106 e. The molecule has 0 aromatic carbocycles. The average Bonchev–Trinajstić information content (AvgIpc) is 2.34. The molecule has 1 rings (SSSR count). The number of nitrogens with one attached hydrogen (secondary N) is 1. The zero-order valence-electron chi connectivity index (χ0n) is 12.0. The summed E-state index contributed by atoms with van der Waals surface area (Å²) < 4.78 is 5.67. The molecule has 3 nitrogen and oxygen atoms in total. The van der Waals surface area contributed by atoms with Gasteiger partial charge in [0.2, 0.25) is 0 Å². The van der Waals surface area contributed by atoms with Crippen molar-refractivity contribution in [3.63, 3.8) is 0 Å². The Hall–Kier alpha value is -0.590. The lowest BCUT2D eigenvalue weighted by molar-refractivity contribution is 0.0999. The molecule has 1 fully saturated rings. The minimum Gasteiger partial charge on any atom is -0.381 e. The fourth-order valence-electron chi connectivity index (χ4n) is 2.51. The van der Waals surface area contributed by atoms with Crippen molar-refractivity contribution in [3.8, 4) is 6.07 Å². The van der Waals surface area contributed by atoms with Gasteiger partial charge in [-0.1, -0.05) is 33.1 Å². The van der Waals surface area contributed by atoms with Gasteiger partial charge in [-0.2, -0.15) is 5.26 Å². The molecule has 0 aromatic heterocycles. The highest BCUT2D eigenvalue weighted by molar-refractivity contribution is 5.05. The number of hydrogen-bond donors (Lipinski definition) is 1. The normalized spacial score (nSPS) is 18.9. The highest BCUT2D eigenvalue weighted by Crippen LogP contribution is 2.29. The first-order valence-corrected chi connectivity index (χ1v) is 7.50. The standard InChI is InChI=1S/C15H28N2O/c1-3-15(13-16,17-4-2)10-6-11-18-12-9-14-7-5-8-14/h14,17H,3-12H2,1-2H3. The van der Waals surface area contributed by atoms with Crippen LogP contribution in [0.3, 0.4) is 0 Å². The molecule has 18 heavy (non-hydrogen) atoms. The molecular weight excluding hydrogens is 224 g/mol. The third-order valence-electron chi connectivity index (χ3n) is 4.12. The summed E-state index contributed by atoms with van der Waals surface area (Å²) in [6.45, 7) is 6.67. The van der Waals surface area contributed by atoms with Crippen molar-refractivity contribution < 1.29 is 4.74 Å². The van der Waals surface area contributed by atoms with Crippen LogP contribution in [-0.2, 0) is 4.74 Å². The SMILES string of the molecule is CCNC(C#N)(CC)CCCOCCC1CCC1. The van der Waals surface area contributed by atoms with Crippen molar-refractivity contribution in [2.75, 3.05) is 19.8 Å². The number of nitrogens with zero attached hydrogens (tertiary/aromatic N) is 1. The predicted molar refractivity (Wildman–Crippen MR) is 74.3 cm³/mol. The molecule has 1 unspecified atom stereocenters. The molecule has 1 N–H and O–H groups in total. The van der Waals surface area contributed by atoms with Gasteiger partial charge in [-0.25, -0.2) is 0 Å². The smallest absolute Gasteiger partial charge is 0.106 e. The fourth-order valence-corrected chi connectivity index (χ4v) is 2.51. The second-order valence-electron chi connectivity index (χ2n) is 5.38. The number of hydrogen-bond acceptors (Lipinski definition) is 3. The maximum atomic E-state index is 9.27. The van der Waals surface area contributed by atoms with E-state index in [-0.39, 0.29) is 5.54 Å². The highest BCUT2D eigenvalue weighted by Gasteiger charge is 2.25. The Morgan fingerprint density at radius 3 is 2.61 bits per heavy atom. The van der Waals surface area contributed by atoms with E-state index in [1.165, 1.54) is 25.7 Å². The van der Waals surface area contributed by atoms with E-state index in [9.17, 15) is 5.26 Å². The first kappa shape index (κ1) is 15.5. The molecule has 3 heteroatoms. The van der Waals surface area contributed by atoms with E-state index in [0.717, 1.165) is 44.9 Å². The largest absolute Gasteiger partial charge is 0.381 e. The van der Waals surface area contributed by atoms with Gasteiger partial charge in [-0.3, -0.25) is 5.32 Å². The van der Waals surface area contributed by atoms with Crippen molar-refractivity contribution in [1.82, 2.24) is 5.32 Å². The Morgan fingerprint density at radius 1 is 1.33 bits per heavy atom. The molecule has 104 valence electrons. The van der Waals surface area contributed by atoms with Crippen molar-refractivity contribution in [1.29, 1.82) is 5.26 Å². The van der Waals surface area contributed by atoms with Crippen LogP contribution in [-0.4, -0.2) is 25.3 Å². The molecule has 0 aliphatic heterocycles. The Labute approximate surface area is 112 Å². The second-order valence-corrected chi connectivity index (χ2v) is 5.38. The molecule has 0 aromatic rings. The van der Waals surface area contributed by atoms with Crippen LogP contribution in [0.15, 0.2) is 0 Å². The molecule has 0 radical (unpaired) electrons. The lowest BCUT2D eigenvalue weighted by Gasteiger charge is -2.26. The van der Waals surface area contributed by atoms with E-state index in [2.05, 4.69) is 25.2 Å². The number of rotatable bonds is 10. The molecule has 0 spiro atoms. The zero-order chi connectivity index (χ0) is 13.3. The van der Waals surface area contributed by atoms with E-state index < -0.39 is 0 Å². The molecular formula is C15H28N2O. The van der Waals surface area contributed by atoms with Gasteiger partial charge in [0.25, 0.3) is 0 Å². The summed E-state index contributed by atoms with van der Waals surface area (Å²) in [6.07, 6.45) is 8.16. The summed E-state index contributed by atoms with van der Waals surface area (Å²) in [5.74, 6) is 0.931. The monoisotopic (exact) mass is 252 g/mol. The van der Waals surface area contributed by atoms with Crippen LogP contribution in [0.4, 0.5) is 0 Å². The summed E-state index contributed by atoms with van der Waals surface area (Å²) in [4.78, 5) is 0. The van der Waals surface area contributed by atoms with Gasteiger partial charge in [0.05, 0.1) is 6.07 Å². The quantitative estimate of drug-likeness (QED) is 0.607. The van der Waals surface area contributed by atoms with Crippen LogP contribution in [0, 0.1) is 17.2 Å². The van der Waals surface area contributed by atoms with E-state index in [1.807, 2.05) is 0 Å². The van der Waals surface area contributed by atoms with E-state index in [1.54, 1.807) is 0 Å². The van der Waals surface area contributed by atoms with Gasteiger partial charge >= 0.3 is 0 Å². The topological polar surface area (TPSA) is 45.0 Å². The lowest BCUT2D eigenvalue weighted by Crippen LogP contribution is -2.43. The van der Waals surface area contributed by atoms with Gasteiger partial charge in [0.15, 0.2) is 0 Å². The third-order valence-corrected chi connectivity index (χ3v) is 4.12. The minimum absolute atomic E-state index is 0.341. The third kappa shape index (κ3) is 4.96. The molecule has 1 atom stereocenters. The Morgan fingerprint density at radius 2 is 2.11 bits per heavy atom. The van der Waals surface area contributed by atoms with Gasteiger partial charge < -0.3 is 4.74 Å². The number of nitriles is 1. The maximum absolute atomic E-state index is 9.27. The predicted octanol–water partition coefficient (Wildman–Crippen LogP) is 3.26. The molecule has 1 aliphatic rings. The van der Waals surface area contributed by atoms with Crippen molar-refractivity contribution in [2.45, 2.75) is 64.3 Å². The molecule has 1 aliphatic carbocycles. The highest BCUT2D eigenvalue weighted by atomic mass is 16.5. The lowest BCUT2D eigenvalue weighted by atomic mass is 9.83. The van der Waals surface area contributed by atoms with Crippen molar-refractivity contribution >= 4 is 0 Å². The zero-order valence-corrected chi connectivity index (χ0v) is 12.0. The van der Waals surface area contributed by atoms with Crippen LogP contribution in [0.5, 0.6) is 0 Å².